The Bertz CT molecular complexity index is 1220. The number of nitrogens with one attached hydrogen (secondary N) is 2. The summed E-state index contributed by atoms with van der Waals surface area (Å²) in [6.07, 6.45) is 5.01. The molecule has 38 heavy (non-hydrogen) atoms. The maximum atomic E-state index is 13.3. The first kappa shape index (κ1) is 27.2. The zero-order chi connectivity index (χ0) is 27.1. The molecule has 0 bridgehead atoms. The van der Waals surface area contributed by atoms with E-state index < -0.39 is 0 Å². The topological polar surface area (TPSA) is 93.7 Å². The molecule has 2 N–H and O–H groups in total. The molecule has 1 aliphatic rings. The van der Waals surface area contributed by atoms with Crippen molar-refractivity contribution in [2.45, 2.75) is 39.9 Å². The van der Waals surface area contributed by atoms with Gasteiger partial charge in [-0.25, -0.2) is 5.01 Å². The average Bonchev–Trinajstić information content (AvgIpc) is 3.36. The van der Waals surface area contributed by atoms with Crippen molar-refractivity contribution < 1.29 is 9.59 Å². The molecule has 0 aliphatic carbocycles. The largest absolute Gasteiger partial charge is 0.376 e. The number of rotatable bonds is 11. The number of aryl methyl sites for hydroxylation is 1. The summed E-state index contributed by atoms with van der Waals surface area (Å²) in [5.41, 5.74) is 6.00. The molecule has 0 spiro atoms. The van der Waals surface area contributed by atoms with Gasteiger partial charge in [0.2, 0.25) is 5.91 Å². The van der Waals surface area contributed by atoms with E-state index in [1.54, 1.807) is 35.5 Å². The van der Waals surface area contributed by atoms with E-state index in [4.69, 9.17) is 0 Å². The molecule has 200 valence electrons. The van der Waals surface area contributed by atoms with Crippen LogP contribution in [0.2, 0.25) is 0 Å². The Morgan fingerprint density at radius 2 is 1.79 bits per heavy atom. The third-order valence-corrected chi connectivity index (χ3v) is 6.75. The van der Waals surface area contributed by atoms with Crippen molar-refractivity contribution >= 4 is 17.5 Å². The molecule has 1 aliphatic heterocycles. The number of anilines is 1. The molecule has 0 saturated carbocycles. The van der Waals surface area contributed by atoms with E-state index >= 15 is 0 Å². The third-order valence-electron chi connectivity index (χ3n) is 6.75. The van der Waals surface area contributed by atoms with Gasteiger partial charge in [-0.3, -0.25) is 24.6 Å². The Kier molecular flexibility index (Phi) is 9.04. The van der Waals surface area contributed by atoms with Crippen molar-refractivity contribution in [3.8, 4) is 11.3 Å². The van der Waals surface area contributed by atoms with Crippen LogP contribution in [0.15, 0.2) is 61.1 Å². The van der Waals surface area contributed by atoms with Gasteiger partial charge in [0.25, 0.3) is 5.91 Å². The van der Waals surface area contributed by atoms with Gasteiger partial charge in [-0.1, -0.05) is 50.2 Å². The normalized spacial score (nSPS) is 12.9. The average molecular weight is 516 g/mol. The summed E-state index contributed by atoms with van der Waals surface area (Å²) in [5.74, 6) is -0.247. The molecule has 2 aromatic carbocycles. The summed E-state index contributed by atoms with van der Waals surface area (Å²) in [5, 5.41) is 10.3. The van der Waals surface area contributed by atoms with Gasteiger partial charge in [0.1, 0.15) is 6.54 Å². The van der Waals surface area contributed by atoms with Crippen LogP contribution in [0.1, 0.15) is 30.5 Å². The zero-order valence-electron chi connectivity index (χ0n) is 22.6. The quantitative estimate of drug-likeness (QED) is 0.405. The number of carbonyl (C=O) groups excluding carboxylic acids is 2. The summed E-state index contributed by atoms with van der Waals surface area (Å²) in [6.45, 7) is 8.63. The molecule has 1 aromatic heterocycles. The molecule has 0 fully saturated rings. The highest BCUT2D eigenvalue weighted by Gasteiger charge is 2.27. The van der Waals surface area contributed by atoms with Crippen LogP contribution in [0.3, 0.4) is 0 Å². The molecule has 0 saturated heterocycles. The van der Waals surface area contributed by atoms with E-state index in [0.717, 1.165) is 22.5 Å². The lowest BCUT2D eigenvalue weighted by atomic mass is 10.1. The van der Waals surface area contributed by atoms with Crippen LogP contribution >= 0.6 is 0 Å². The van der Waals surface area contributed by atoms with Crippen LogP contribution in [0.25, 0.3) is 11.3 Å². The third kappa shape index (κ3) is 6.93. The first-order chi connectivity index (χ1) is 18.3. The van der Waals surface area contributed by atoms with Crippen LogP contribution in [0.4, 0.5) is 5.69 Å². The molecule has 4 rings (SSSR count). The van der Waals surface area contributed by atoms with E-state index in [-0.39, 0.29) is 30.9 Å². The van der Waals surface area contributed by atoms with Gasteiger partial charge in [0.05, 0.1) is 18.4 Å². The molecule has 9 heteroatoms. The molecule has 0 atom stereocenters. The Balaban J connectivity index is 1.40. The number of amides is 2. The molecule has 2 amide bonds. The lowest BCUT2D eigenvalue weighted by molar-refractivity contribution is -0.151. The Hall–Kier alpha value is -3.82. The summed E-state index contributed by atoms with van der Waals surface area (Å²) in [7, 11) is 1.78. The van der Waals surface area contributed by atoms with E-state index in [1.807, 2.05) is 42.3 Å². The molecule has 9 nitrogen and oxygen atoms in total. The molecule has 2 heterocycles. The second-order valence-electron chi connectivity index (χ2n) is 9.91. The van der Waals surface area contributed by atoms with E-state index in [0.29, 0.717) is 26.2 Å². The molecule has 0 unspecified atom stereocenters. The van der Waals surface area contributed by atoms with Crippen molar-refractivity contribution in [3.63, 3.8) is 0 Å². The van der Waals surface area contributed by atoms with Crippen molar-refractivity contribution in [3.05, 3.63) is 77.7 Å². The second kappa shape index (κ2) is 12.6. The number of carbonyl (C=O) groups is 2. The Morgan fingerprint density at radius 1 is 1.05 bits per heavy atom. The number of hydrogen-bond acceptors (Lipinski definition) is 7. The van der Waals surface area contributed by atoms with Gasteiger partial charge in [0.15, 0.2) is 0 Å². The van der Waals surface area contributed by atoms with Gasteiger partial charge < -0.3 is 15.5 Å². The van der Waals surface area contributed by atoms with Gasteiger partial charge >= 0.3 is 0 Å². The van der Waals surface area contributed by atoms with Crippen molar-refractivity contribution in [2.75, 3.05) is 38.5 Å². The Labute approximate surface area is 224 Å². The highest BCUT2D eigenvalue weighted by molar-refractivity contribution is 5.87. The highest BCUT2D eigenvalue weighted by atomic mass is 16.2. The SMILES string of the molecule is Cc1ccc(-c2cnccn2)cc1NCC(=O)N(CCNC(C)C)CC(=O)N(C)N1Cc2ccccc2C1. The summed E-state index contributed by atoms with van der Waals surface area (Å²) < 4.78 is 0. The Morgan fingerprint density at radius 3 is 2.45 bits per heavy atom. The van der Waals surface area contributed by atoms with Crippen molar-refractivity contribution in [2.24, 2.45) is 0 Å². The maximum Gasteiger partial charge on any atom is 0.256 e. The van der Waals surface area contributed by atoms with Crippen LogP contribution in [-0.4, -0.2) is 76.0 Å². The summed E-state index contributed by atoms with van der Waals surface area (Å²) in [6, 6.07) is 14.5. The van der Waals surface area contributed by atoms with Crippen LogP contribution in [0, 0.1) is 6.92 Å². The van der Waals surface area contributed by atoms with Gasteiger partial charge in [-0.05, 0) is 29.7 Å². The minimum Gasteiger partial charge on any atom is -0.376 e. The standard InChI is InChI=1S/C29H37N7O2/c1-21(2)31-13-14-35(20-29(38)34(4)36-18-24-7-5-6-8-25(24)19-36)28(37)17-33-26-15-23(10-9-22(26)3)27-16-30-11-12-32-27/h5-12,15-16,21,31,33H,13-14,17-20H2,1-4H3. The van der Waals surface area contributed by atoms with Crippen molar-refractivity contribution in [1.82, 2.24) is 30.2 Å². The van der Waals surface area contributed by atoms with Crippen LogP contribution < -0.4 is 10.6 Å². The molecular formula is C29H37N7O2. The minimum absolute atomic E-state index is 0.0161. The fourth-order valence-corrected chi connectivity index (χ4v) is 4.43. The van der Waals surface area contributed by atoms with Gasteiger partial charge in [0, 0.05) is 62.9 Å². The number of hydrazine groups is 1. The zero-order valence-corrected chi connectivity index (χ0v) is 22.6. The fourth-order valence-electron chi connectivity index (χ4n) is 4.43. The van der Waals surface area contributed by atoms with E-state index in [9.17, 15) is 9.59 Å². The lowest BCUT2D eigenvalue weighted by Gasteiger charge is -2.31. The van der Waals surface area contributed by atoms with Gasteiger partial charge in [-0.2, -0.15) is 0 Å². The fraction of sp³-hybridized carbons (Fsp3) is 0.379. The smallest absolute Gasteiger partial charge is 0.256 e. The predicted molar refractivity (Wildman–Crippen MR) is 149 cm³/mol. The molecular weight excluding hydrogens is 478 g/mol. The van der Waals surface area contributed by atoms with Gasteiger partial charge in [-0.15, -0.1) is 0 Å². The predicted octanol–water partition coefficient (Wildman–Crippen LogP) is 3.08. The van der Waals surface area contributed by atoms with E-state index in [1.165, 1.54) is 11.1 Å². The number of nitrogens with zero attached hydrogens (tertiary/aromatic N) is 5. The molecule has 3 aromatic rings. The maximum absolute atomic E-state index is 13.3. The number of hydrogen-bond donors (Lipinski definition) is 2. The van der Waals surface area contributed by atoms with Crippen molar-refractivity contribution in [1.29, 1.82) is 0 Å². The number of benzene rings is 2. The lowest BCUT2D eigenvalue weighted by Crippen LogP contribution is -2.49. The van der Waals surface area contributed by atoms with Crippen LogP contribution in [-0.2, 0) is 22.7 Å². The monoisotopic (exact) mass is 515 g/mol. The number of aromatic nitrogens is 2. The summed E-state index contributed by atoms with van der Waals surface area (Å²) >= 11 is 0. The number of fused-ring (bicyclic) bond motifs is 1. The highest BCUT2D eigenvalue weighted by Crippen LogP contribution is 2.24. The second-order valence-corrected chi connectivity index (χ2v) is 9.91. The molecule has 0 radical (unpaired) electrons. The van der Waals surface area contributed by atoms with Crippen LogP contribution in [0.5, 0.6) is 0 Å². The first-order valence-electron chi connectivity index (χ1n) is 13.0. The summed E-state index contributed by atoms with van der Waals surface area (Å²) in [4.78, 5) is 36.7. The van der Waals surface area contributed by atoms with E-state index in [2.05, 4.69) is 46.6 Å². The minimum atomic E-state index is -0.133. The number of likely N-dealkylation sites (N-methyl/N-ethyl adjacent to an activating group) is 1. The first-order valence-corrected chi connectivity index (χ1v) is 13.0.